The van der Waals surface area contributed by atoms with Gasteiger partial charge in [0.25, 0.3) is 6.47 Å². The van der Waals surface area contributed by atoms with Gasteiger partial charge >= 0.3 is 0 Å². The van der Waals surface area contributed by atoms with E-state index >= 15 is 0 Å². The van der Waals surface area contributed by atoms with Gasteiger partial charge in [-0.2, -0.15) is 0 Å². The summed E-state index contributed by atoms with van der Waals surface area (Å²) >= 11 is 1.16. The predicted octanol–water partition coefficient (Wildman–Crippen LogP) is 1.40. The first kappa shape index (κ1) is 7.94. The maximum Gasteiger partial charge on any atom is 0.299 e. The molecule has 0 radical (unpaired) electrons. The first-order valence-electron chi connectivity index (χ1n) is 2.94. The van der Waals surface area contributed by atoms with Gasteiger partial charge < -0.3 is 4.74 Å². The predicted molar refractivity (Wildman–Crippen MR) is 41.1 cm³/mol. The normalized spacial score (nSPS) is 9.18. The van der Waals surface area contributed by atoms with Crippen LogP contribution in [0.25, 0.3) is 0 Å². The van der Waals surface area contributed by atoms with Crippen LogP contribution in [0.3, 0.4) is 0 Å². The molecule has 58 valence electrons. The molecule has 0 aromatic carbocycles. The number of aryl methyl sites for hydroxylation is 1. The molecule has 0 unspecified atom stereocenters. The highest BCUT2D eigenvalue weighted by Crippen LogP contribution is 2.26. The van der Waals surface area contributed by atoms with Gasteiger partial charge in [0.2, 0.25) is 0 Å². The molecule has 0 fully saturated rings. The summed E-state index contributed by atoms with van der Waals surface area (Å²) in [5, 5.41) is 0.458. The summed E-state index contributed by atoms with van der Waals surface area (Å²) in [5.41, 5.74) is 0.835. The van der Waals surface area contributed by atoms with Gasteiger partial charge in [-0.25, -0.2) is 0 Å². The Morgan fingerprint density at radius 3 is 2.73 bits per heavy atom. The van der Waals surface area contributed by atoms with E-state index in [1.54, 1.807) is 13.0 Å². The van der Waals surface area contributed by atoms with Crippen molar-refractivity contribution in [3.05, 3.63) is 16.5 Å². The van der Waals surface area contributed by atoms with Crippen molar-refractivity contribution in [3.8, 4) is 5.06 Å². The van der Waals surface area contributed by atoms with E-state index in [-0.39, 0.29) is 0 Å². The Morgan fingerprint density at radius 2 is 2.27 bits per heavy atom. The molecule has 0 bridgehead atoms. The van der Waals surface area contributed by atoms with Crippen LogP contribution in [0, 0.1) is 6.92 Å². The monoisotopic (exact) mass is 170 g/mol. The third-order valence-electron chi connectivity index (χ3n) is 1.20. The number of rotatable bonds is 3. The van der Waals surface area contributed by atoms with Crippen LogP contribution in [0.15, 0.2) is 6.07 Å². The van der Waals surface area contributed by atoms with E-state index in [0.29, 0.717) is 16.4 Å². The van der Waals surface area contributed by atoms with Crippen molar-refractivity contribution in [2.75, 3.05) is 0 Å². The second kappa shape index (κ2) is 3.30. The van der Waals surface area contributed by atoms with Gasteiger partial charge in [0, 0.05) is 0 Å². The van der Waals surface area contributed by atoms with Gasteiger partial charge in [0.05, 0.1) is 4.88 Å². The van der Waals surface area contributed by atoms with Crippen molar-refractivity contribution in [1.82, 2.24) is 0 Å². The lowest BCUT2D eigenvalue weighted by molar-refractivity contribution is -0.120. The third kappa shape index (κ3) is 1.65. The van der Waals surface area contributed by atoms with Gasteiger partial charge in [-0.15, -0.1) is 0 Å². The topological polar surface area (TPSA) is 43.4 Å². The minimum absolute atomic E-state index is 0.347. The van der Waals surface area contributed by atoms with Gasteiger partial charge in [0.15, 0.2) is 11.3 Å². The Hall–Kier alpha value is -1.16. The van der Waals surface area contributed by atoms with Crippen LogP contribution in [0.1, 0.15) is 15.2 Å². The van der Waals surface area contributed by atoms with Crippen LogP contribution in [0.4, 0.5) is 0 Å². The number of hydrogen-bond acceptors (Lipinski definition) is 4. The molecular weight excluding hydrogens is 164 g/mol. The van der Waals surface area contributed by atoms with E-state index in [9.17, 15) is 9.59 Å². The van der Waals surface area contributed by atoms with E-state index in [1.807, 2.05) is 0 Å². The highest BCUT2D eigenvalue weighted by molar-refractivity contribution is 7.15. The number of aldehydes is 1. The fourth-order valence-electron chi connectivity index (χ4n) is 0.689. The minimum atomic E-state index is 0.347. The molecule has 1 aromatic heterocycles. The number of carbonyl (C=O) groups is 2. The van der Waals surface area contributed by atoms with Gasteiger partial charge in [-0.05, 0) is 18.6 Å². The summed E-state index contributed by atoms with van der Waals surface area (Å²) in [7, 11) is 0. The highest BCUT2D eigenvalue weighted by Gasteiger charge is 2.04. The van der Waals surface area contributed by atoms with Gasteiger partial charge in [-0.3, -0.25) is 9.59 Å². The average Bonchev–Trinajstić information content (AvgIpc) is 2.32. The van der Waals surface area contributed by atoms with Crippen LogP contribution < -0.4 is 4.74 Å². The molecule has 1 heterocycles. The molecule has 0 amide bonds. The molecule has 0 atom stereocenters. The minimum Gasteiger partial charge on any atom is -0.418 e. The summed E-state index contributed by atoms with van der Waals surface area (Å²) in [5.74, 6) is 0. The van der Waals surface area contributed by atoms with E-state index < -0.39 is 0 Å². The molecule has 0 N–H and O–H groups in total. The molecule has 1 aromatic rings. The van der Waals surface area contributed by atoms with Crippen molar-refractivity contribution in [1.29, 1.82) is 0 Å². The zero-order valence-electron chi connectivity index (χ0n) is 5.87. The maximum atomic E-state index is 10.3. The van der Waals surface area contributed by atoms with Crippen molar-refractivity contribution >= 4 is 24.1 Å². The van der Waals surface area contributed by atoms with E-state index in [4.69, 9.17) is 0 Å². The lowest BCUT2D eigenvalue weighted by atomic mass is 10.3. The second-order valence-corrected chi connectivity index (χ2v) is 2.99. The van der Waals surface area contributed by atoms with Crippen LogP contribution in [-0.4, -0.2) is 12.8 Å². The van der Waals surface area contributed by atoms with Gasteiger partial charge in [-0.1, -0.05) is 11.3 Å². The third-order valence-corrected chi connectivity index (χ3v) is 2.26. The van der Waals surface area contributed by atoms with E-state index in [0.717, 1.165) is 23.2 Å². The molecule has 0 spiro atoms. The summed E-state index contributed by atoms with van der Waals surface area (Å²) in [6, 6.07) is 1.66. The summed E-state index contributed by atoms with van der Waals surface area (Å²) in [4.78, 5) is 20.8. The molecule has 1 rings (SSSR count). The smallest absolute Gasteiger partial charge is 0.299 e. The van der Waals surface area contributed by atoms with Crippen LogP contribution in [0.5, 0.6) is 5.06 Å². The Bertz CT molecular complexity index is 277. The lowest BCUT2D eigenvalue weighted by Gasteiger charge is -1.85. The fraction of sp³-hybridized carbons (Fsp3) is 0.143. The Kier molecular flexibility index (Phi) is 2.38. The van der Waals surface area contributed by atoms with Crippen molar-refractivity contribution in [3.63, 3.8) is 0 Å². The molecule has 0 aliphatic heterocycles. The Balaban J connectivity index is 2.94. The standard InChI is InChI=1S/C7H6O3S/c1-5-2-7(10-4-9)11-6(5)3-8/h2-4H,1H3. The largest absolute Gasteiger partial charge is 0.418 e. The molecule has 0 aliphatic rings. The molecule has 0 aliphatic carbocycles. The first-order valence-corrected chi connectivity index (χ1v) is 3.75. The highest BCUT2D eigenvalue weighted by atomic mass is 32.1. The van der Waals surface area contributed by atoms with Crippen molar-refractivity contribution in [2.45, 2.75) is 6.92 Å². The fourth-order valence-corrected chi connectivity index (χ4v) is 1.50. The Labute approximate surface area is 67.6 Å². The maximum absolute atomic E-state index is 10.3. The second-order valence-electron chi connectivity index (χ2n) is 1.94. The van der Waals surface area contributed by atoms with Gasteiger partial charge in [0.1, 0.15) is 0 Å². The number of carbonyl (C=O) groups excluding carboxylic acids is 2. The molecular formula is C7H6O3S. The zero-order chi connectivity index (χ0) is 8.27. The van der Waals surface area contributed by atoms with Crippen molar-refractivity contribution < 1.29 is 14.3 Å². The quantitative estimate of drug-likeness (QED) is 0.644. The van der Waals surface area contributed by atoms with Crippen LogP contribution in [0.2, 0.25) is 0 Å². The van der Waals surface area contributed by atoms with Crippen molar-refractivity contribution in [2.24, 2.45) is 0 Å². The molecule has 3 nitrogen and oxygen atoms in total. The molecule has 11 heavy (non-hydrogen) atoms. The zero-order valence-corrected chi connectivity index (χ0v) is 6.68. The van der Waals surface area contributed by atoms with E-state index in [2.05, 4.69) is 4.74 Å². The first-order chi connectivity index (χ1) is 5.27. The number of hydrogen-bond donors (Lipinski definition) is 0. The van der Waals surface area contributed by atoms with E-state index in [1.165, 1.54) is 0 Å². The molecule has 0 saturated heterocycles. The summed E-state index contributed by atoms with van der Waals surface area (Å²) in [6.45, 7) is 2.14. The molecule has 0 saturated carbocycles. The lowest BCUT2D eigenvalue weighted by Crippen LogP contribution is -1.82. The summed E-state index contributed by atoms with van der Waals surface area (Å²) < 4.78 is 4.55. The average molecular weight is 170 g/mol. The SMILES string of the molecule is Cc1cc(OC=O)sc1C=O. The molecule has 4 heteroatoms. The summed E-state index contributed by atoms with van der Waals surface area (Å²) in [6.07, 6.45) is 0.748. The number of ether oxygens (including phenoxy) is 1. The number of thiophene rings is 1. The Morgan fingerprint density at radius 1 is 1.55 bits per heavy atom. The van der Waals surface area contributed by atoms with Crippen LogP contribution >= 0.6 is 11.3 Å². The van der Waals surface area contributed by atoms with Crippen LogP contribution in [-0.2, 0) is 4.79 Å².